The van der Waals surface area contributed by atoms with Gasteiger partial charge in [0.05, 0.1) is 7.11 Å². The Hall–Kier alpha value is -3.12. The molecule has 0 aliphatic rings. The lowest BCUT2D eigenvalue weighted by Gasteiger charge is -2.14. The average molecular weight is 394 g/mol. The zero-order valence-electron chi connectivity index (χ0n) is 15.6. The molecule has 1 atom stereocenters. The summed E-state index contributed by atoms with van der Waals surface area (Å²) in [5, 5.41) is 17.4. The Morgan fingerprint density at radius 1 is 1.07 bits per heavy atom. The first-order valence-corrected chi connectivity index (χ1v) is 9.44. The van der Waals surface area contributed by atoms with Crippen LogP contribution in [0.1, 0.15) is 30.7 Å². The number of hydrogen-bond acceptors (Lipinski definition) is 5. The second-order valence-corrected chi connectivity index (χ2v) is 6.85. The summed E-state index contributed by atoms with van der Waals surface area (Å²) in [6.45, 7) is 2.13. The number of nitrogens with zero attached hydrogens (tertiary/aromatic N) is 4. The molecule has 0 amide bonds. The molecule has 0 radical (unpaired) electrons. The number of anilines is 2. The topological polar surface area (TPSA) is 64.3 Å². The van der Waals surface area contributed by atoms with Gasteiger partial charge < -0.3 is 10.1 Å². The minimum Gasteiger partial charge on any atom is -0.497 e. The molecule has 7 heteroatoms. The molecule has 0 fully saturated rings. The number of nitrogens with one attached hydrogen (secondary N) is 1. The molecule has 0 aliphatic heterocycles. The molecule has 142 valence electrons. The maximum atomic E-state index is 6.07. The van der Waals surface area contributed by atoms with Crippen molar-refractivity contribution in [2.24, 2.45) is 0 Å². The van der Waals surface area contributed by atoms with Gasteiger partial charge in [0, 0.05) is 16.6 Å². The highest BCUT2D eigenvalue weighted by atomic mass is 35.5. The largest absolute Gasteiger partial charge is 0.497 e. The van der Waals surface area contributed by atoms with Crippen LogP contribution in [0.5, 0.6) is 5.75 Å². The van der Waals surface area contributed by atoms with Crippen molar-refractivity contribution >= 4 is 28.8 Å². The van der Waals surface area contributed by atoms with Crippen LogP contribution in [0, 0.1) is 0 Å². The molecule has 0 spiro atoms. The number of fused-ring (bicyclic) bond motifs is 1. The van der Waals surface area contributed by atoms with Crippen LogP contribution in [0.4, 0.5) is 11.5 Å². The van der Waals surface area contributed by atoms with Crippen LogP contribution in [0.25, 0.3) is 5.65 Å². The number of halogens is 1. The van der Waals surface area contributed by atoms with Gasteiger partial charge in [0.25, 0.3) is 0 Å². The lowest BCUT2D eigenvalue weighted by molar-refractivity contribution is 0.414. The molecule has 28 heavy (non-hydrogen) atoms. The number of ether oxygens (including phenoxy) is 1. The first kappa shape index (κ1) is 18.3. The van der Waals surface area contributed by atoms with E-state index in [0.717, 1.165) is 29.2 Å². The number of benzene rings is 2. The third kappa shape index (κ3) is 3.64. The van der Waals surface area contributed by atoms with Crippen LogP contribution < -0.4 is 10.1 Å². The molecule has 0 bridgehead atoms. The first-order valence-electron chi connectivity index (χ1n) is 9.07. The molecule has 6 nitrogen and oxygen atoms in total. The molecule has 0 saturated carbocycles. The van der Waals surface area contributed by atoms with E-state index < -0.39 is 0 Å². The van der Waals surface area contributed by atoms with E-state index in [1.165, 1.54) is 0 Å². The van der Waals surface area contributed by atoms with Gasteiger partial charge in [-0.05, 0) is 54.4 Å². The predicted molar refractivity (Wildman–Crippen MR) is 111 cm³/mol. The van der Waals surface area contributed by atoms with Gasteiger partial charge in [0.2, 0.25) is 0 Å². The molecule has 0 saturated heterocycles. The number of aromatic nitrogens is 4. The third-order valence-corrected chi connectivity index (χ3v) is 4.86. The lowest BCUT2D eigenvalue weighted by atomic mass is 9.96. The Balaban J connectivity index is 1.70. The Labute approximate surface area is 168 Å². The second kappa shape index (κ2) is 7.86. The van der Waals surface area contributed by atoms with Crippen LogP contribution in [0.2, 0.25) is 5.02 Å². The predicted octanol–water partition coefficient (Wildman–Crippen LogP) is 5.07. The second-order valence-electron chi connectivity index (χ2n) is 6.42. The van der Waals surface area contributed by atoms with Crippen molar-refractivity contribution in [1.82, 2.24) is 19.8 Å². The van der Waals surface area contributed by atoms with Gasteiger partial charge in [0.15, 0.2) is 17.3 Å². The van der Waals surface area contributed by atoms with Gasteiger partial charge in [-0.3, -0.25) is 0 Å². The maximum Gasteiger partial charge on any atom is 0.178 e. The van der Waals surface area contributed by atoms with E-state index >= 15 is 0 Å². The van der Waals surface area contributed by atoms with Crippen molar-refractivity contribution in [3.8, 4) is 5.75 Å². The first-order chi connectivity index (χ1) is 13.7. The fourth-order valence-corrected chi connectivity index (χ4v) is 3.40. The van der Waals surface area contributed by atoms with Gasteiger partial charge in [-0.1, -0.05) is 36.7 Å². The minimum atomic E-state index is 0.0785. The standard InChI is InChI=1S/C21H20ClN5O/c1-3-18(14-7-9-17(28-2)10-8-14)21-25-24-20-12-11-19(26-27(20)21)23-16-6-4-5-15(22)13-16/h4-13,18H,3H2,1-2H3,(H,23,26). The van der Waals surface area contributed by atoms with E-state index in [1.54, 1.807) is 11.6 Å². The smallest absolute Gasteiger partial charge is 0.178 e. The van der Waals surface area contributed by atoms with Crippen molar-refractivity contribution in [2.45, 2.75) is 19.3 Å². The van der Waals surface area contributed by atoms with Gasteiger partial charge in [0.1, 0.15) is 5.75 Å². The molecule has 0 aliphatic carbocycles. The van der Waals surface area contributed by atoms with Gasteiger partial charge in [-0.25, -0.2) is 0 Å². The molecular formula is C21H20ClN5O. The summed E-state index contributed by atoms with van der Waals surface area (Å²) in [6.07, 6.45) is 0.876. The molecular weight excluding hydrogens is 374 g/mol. The minimum absolute atomic E-state index is 0.0785. The molecule has 2 aromatic carbocycles. The molecule has 4 rings (SSSR count). The van der Waals surface area contributed by atoms with Crippen LogP contribution >= 0.6 is 11.6 Å². The van der Waals surface area contributed by atoms with Gasteiger partial charge in [-0.15, -0.1) is 15.3 Å². The number of hydrogen-bond donors (Lipinski definition) is 1. The molecule has 1 unspecified atom stereocenters. The zero-order valence-corrected chi connectivity index (χ0v) is 16.4. The van der Waals surface area contributed by atoms with E-state index in [4.69, 9.17) is 21.4 Å². The highest BCUT2D eigenvalue weighted by molar-refractivity contribution is 6.30. The molecule has 4 aromatic rings. The monoisotopic (exact) mass is 393 g/mol. The summed E-state index contributed by atoms with van der Waals surface area (Å²) in [5.41, 5.74) is 2.72. The summed E-state index contributed by atoms with van der Waals surface area (Å²) in [4.78, 5) is 0. The van der Waals surface area contributed by atoms with Crippen molar-refractivity contribution in [3.05, 3.63) is 77.1 Å². The Morgan fingerprint density at radius 2 is 1.89 bits per heavy atom. The normalized spacial score (nSPS) is 12.1. The summed E-state index contributed by atoms with van der Waals surface area (Å²) >= 11 is 6.07. The van der Waals surface area contributed by atoms with Crippen molar-refractivity contribution < 1.29 is 4.74 Å². The Morgan fingerprint density at radius 3 is 2.61 bits per heavy atom. The van der Waals surface area contributed by atoms with E-state index in [-0.39, 0.29) is 5.92 Å². The maximum absolute atomic E-state index is 6.07. The Bertz CT molecular complexity index is 1090. The van der Waals surface area contributed by atoms with Crippen LogP contribution in [0.3, 0.4) is 0 Å². The fraction of sp³-hybridized carbons (Fsp3) is 0.190. The molecule has 2 heterocycles. The van der Waals surface area contributed by atoms with E-state index in [1.807, 2.05) is 48.5 Å². The zero-order chi connectivity index (χ0) is 19.5. The van der Waals surface area contributed by atoms with Crippen molar-refractivity contribution in [2.75, 3.05) is 12.4 Å². The fourth-order valence-electron chi connectivity index (χ4n) is 3.21. The van der Waals surface area contributed by atoms with Crippen molar-refractivity contribution in [3.63, 3.8) is 0 Å². The number of methoxy groups -OCH3 is 1. The van der Waals surface area contributed by atoms with E-state index in [0.29, 0.717) is 16.5 Å². The van der Waals surface area contributed by atoms with Gasteiger partial charge in [-0.2, -0.15) is 4.52 Å². The highest BCUT2D eigenvalue weighted by Crippen LogP contribution is 2.28. The SMILES string of the molecule is CCC(c1ccc(OC)cc1)c1nnc2ccc(Nc3cccc(Cl)c3)nn12. The Kier molecular flexibility index (Phi) is 5.12. The molecule has 2 aromatic heterocycles. The van der Waals surface area contributed by atoms with Crippen LogP contribution in [-0.4, -0.2) is 26.9 Å². The van der Waals surface area contributed by atoms with Gasteiger partial charge >= 0.3 is 0 Å². The quantitative estimate of drug-likeness (QED) is 0.495. The highest BCUT2D eigenvalue weighted by Gasteiger charge is 2.20. The average Bonchev–Trinajstić information content (AvgIpc) is 3.12. The van der Waals surface area contributed by atoms with E-state index in [9.17, 15) is 0 Å². The van der Waals surface area contributed by atoms with Crippen molar-refractivity contribution in [1.29, 1.82) is 0 Å². The molecule has 1 N–H and O–H groups in total. The number of rotatable bonds is 6. The summed E-state index contributed by atoms with van der Waals surface area (Å²) in [6, 6.07) is 19.3. The lowest BCUT2D eigenvalue weighted by Crippen LogP contribution is -2.08. The third-order valence-electron chi connectivity index (χ3n) is 4.62. The summed E-state index contributed by atoms with van der Waals surface area (Å²) < 4.78 is 7.06. The van der Waals surface area contributed by atoms with E-state index in [2.05, 4.69) is 34.6 Å². The van der Waals surface area contributed by atoms with Crippen LogP contribution in [0.15, 0.2) is 60.7 Å². The summed E-state index contributed by atoms with van der Waals surface area (Å²) in [5.74, 6) is 2.41. The summed E-state index contributed by atoms with van der Waals surface area (Å²) in [7, 11) is 1.66. The van der Waals surface area contributed by atoms with Crippen LogP contribution in [-0.2, 0) is 0 Å².